The first-order chi connectivity index (χ1) is 12.8. The average molecular weight is 347 g/mol. The van der Waals surface area contributed by atoms with Crippen molar-refractivity contribution in [2.24, 2.45) is 0 Å². The quantitative estimate of drug-likeness (QED) is 0.744. The van der Waals surface area contributed by atoms with Gasteiger partial charge in [0.25, 0.3) is 5.91 Å². The largest absolute Gasteiger partial charge is 0.472 e. The van der Waals surface area contributed by atoms with Crippen LogP contribution in [0.2, 0.25) is 0 Å². The van der Waals surface area contributed by atoms with Gasteiger partial charge in [-0.05, 0) is 55.6 Å². The van der Waals surface area contributed by atoms with E-state index in [1.165, 1.54) is 43.0 Å². The second kappa shape index (κ2) is 6.18. The lowest BCUT2D eigenvalue weighted by atomic mass is 9.94. The third-order valence-corrected chi connectivity index (χ3v) is 5.60. The highest BCUT2D eigenvalue weighted by Gasteiger charge is 2.28. The zero-order chi connectivity index (χ0) is 17.5. The van der Waals surface area contributed by atoms with Crippen LogP contribution in [0, 0.1) is 0 Å². The number of furan rings is 1. The molecule has 26 heavy (non-hydrogen) atoms. The van der Waals surface area contributed by atoms with Crippen LogP contribution in [0.15, 0.2) is 53.5 Å². The minimum absolute atomic E-state index is 0.159. The summed E-state index contributed by atoms with van der Waals surface area (Å²) in [6.07, 6.45) is 11.1. The standard InChI is InChI=1S/C21H21N3O2/c25-21(15-6-9-26-13-15)23-16-3-4-20-18(11-16)19(12-22-20)14-5-8-24-7-1-2-17(24)10-14/h3-6,9,11-13,17,22H,1-2,7-8,10H2,(H,23,25). The number of aromatic amines is 1. The Morgan fingerprint density at radius 1 is 1.31 bits per heavy atom. The van der Waals surface area contributed by atoms with E-state index in [-0.39, 0.29) is 5.91 Å². The van der Waals surface area contributed by atoms with Crippen molar-refractivity contribution in [2.45, 2.75) is 25.3 Å². The van der Waals surface area contributed by atoms with E-state index >= 15 is 0 Å². The maximum atomic E-state index is 12.3. The third kappa shape index (κ3) is 2.65. The van der Waals surface area contributed by atoms with Gasteiger partial charge in [0.1, 0.15) is 6.26 Å². The maximum absolute atomic E-state index is 12.3. The summed E-state index contributed by atoms with van der Waals surface area (Å²) in [5, 5.41) is 4.11. The number of hydrogen-bond donors (Lipinski definition) is 2. The lowest BCUT2D eigenvalue weighted by Gasteiger charge is -2.29. The minimum Gasteiger partial charge on any atom is -0.472 e. The molecule has 5 rings (SSSR count). The molecule has 5 nitrogen and oxygen atoms in total. The summed E-state index contributed by atoms with van der Waals surface area (Å²) in [7, 11) is 0. The van der Waals surface area contributed by atoms with E-state index in [1.54, 1.807) is 6.07 Å². The van der Waals surface area contributed by atoms with Crippen LogP contribution < -0.4 is 5.32 Å². The average Bonchev–Trinajstić information content (AvgIpc) is 3.40. The van der Waals surface area contributed by atoms with Gasteiger partial charge < -0.3 is 14.7 Å². The summed E-state index contributed by atoms with van der Waals surface area (Å²) in [4.78, 5) is 18.2. The smallest absolute Gasteiger partial charge is 0.258 e. The first-order valence-electron chi connectivity index (χ1n) is 9.16. The summed E-state index contributed by atoms with van der Waals surface area (Å²) < 4.78 is 4.99. The molecule has 1 atom stereocenters. The monoisotopic (exact) mass is 347 g/mol. The fraction of sp³-hybridized carbons (Fsp3) is 0.286. The van der Waals surface area contributed by atoms with Crippen molar-refractivity contribution >= 4 is 28.1 Å². The van der Waals surface area contributed by atoms with Crippen LogP contribution in [0.25, 0.3) is 16.5 Å². The number of anilines is 1. The van der Waals surface area contributed by atoms with Gasteiger partial charge in [-0.1, -0.05) is 6.08 Å². The molecule has 1 unspecified atom stereocenters. The van der Waals surface area contributed by atoms with E-state index < -0.39 is 0 Å². The zero-order valence-electron chi connectivity index (χ0n) is 14.5. The molecule has 1 amide bonds. The van der Waals surface area contributed by atoms with E-state index in [2.05, 4.69) is 33.5 Å². The second-order valence-corrected chi connectivity index (χ2v) is 7.15. The van der Waals surface area contributed by atoms with Crippen molar-refractivity contribution in [1.29, 1.82) is 0 Å². The summed E-state index contributed by atoms with van der Waals surface area (Å²) in [5.41, 5.74) is 5.08. The summed E-state index contributed by atoms with van der Waals surface area (Å²) in [6, 6.07) is 8.35. The Kier molecular flexibility index (Phi) is 3.68. The number of benzene rings is 1. The molecule has 0 spiro atoms. The predicted molar refractivity (Wildman–Crippen MR) is 102 cm³/mol. The molecule has 3 aromatic rings. The van der Waals surface area contributed by atoms with Gasteiger partial charge in [-0.3, -0.25) is 9.69 Å². The van der Waals surface area contributed by atoms with Crippen LogP contribution in [-0.2, 0) is 0 Å². The lowest BCUT2D eigenvalue weighted by Crippen LogP contribution is -2.32. The molecule has 1 fully saturated rings. The molecule has 0 saturated carbocycles. The Bertz CT molecular complexity index is 984. The topological polar surface area (TPSA) is 61.3 Å². The Morgan fingerprint density at radius 2 is 2.27 bits per heavy atom. The molecule has 1 saturated heterocycles. The summed E-state index contributed by atoms with van der Waals surface area (Å²) >= 11 is 0. The van der Waals surface area contributed by atoms with E-state index in [0.29, 0.717) is 11.6 Å². The number of H-pyrrole nitrogens is 1. The Balaban J connectivity index is 1.45. The highest BCUT2D eigenvalue weighted by molar-refractivity contribution is 6.05. The fourth-order valence-electron chi connectivity index (χ4n) is 4.21. The lowest BCUT2D eigenvalue weighted by molar-refractivity contribution is 0.102. The SMILES string of the molecule is O=C(Nc1ccc2[nH]cc(C3=CCN4CCCC4C3)c2c1)c1ccoc1. The minimum atomic E-state index is -0.159. The number of rotatable bonds is 3. The molecule has 4 heterocycles. The number of carbonyl (C=O) groups excluding carboxylic acids is 1. The first-order valence-corrected chi connectivity index (χ1v) is 9.16. The Morgan fingerprint density at radius 3 is 3.15 bits per heavy atom. The molecule has 0 aliphatic carbocycles. The van der Waals surface area contributed by atoms with Crippen molar-refractivity contribution in [3.05, 3.63) is 60.2 Å². The van der Waals surface area contributed by atoms with Gasteiger partial charge >= 0.3 is 0 Å². The van der Waals surface area contributed by atoms with Crippen LogP contribution in [0.1, 0.15) is 35.2 Å². The molecule has 132 valence electrons. The van der Waals surface area contributed by atoms with Gasteiger partial charge in [-0.25, -0.2) is 0 Å². The number of amides is 1. The number of fused-ring (bicyclic) bond motifs is 2. The number of nitrogens with one attached hydrogen (secondary N) is 2. The Labute approximate surface area is 151 Å². The zero-order valence-corrected chi connectivity index (χ0v) is 14.5. The number of nitrogens with zero attached hydrogens (tertiary/aromatic N) is 1. The van der Waals surface area contributed by atoms with Crippen molar-refractivity contribution in [3.8, 4) is 0 Å². The fourth-order valence-corrected chi connectivity index (χ4v) is 4.21. The molecule has 5 heteroatoms. The van der Waals surface area contributed by atoms with Crippen LogP contribution in [0.4, 0.5) is 5.69 Å². The van der Waals surface area contributed by atoms with Crippen molar-refractivity contribution in [3.63, 3.8) is 0 Å². The van der Waals surface area contributed by atoms with Crippen molar-refractivity contribution in [1.82, 2.24) is 9.88 Å². The van der Waals surface area contributed by atoms with Gasteiger partial charge in [0.05, 0.1) is 11.8 Å². The van der Waals surface area contributed by atoms with E-state index in [9.17, 15) is 4.79 Å². The number of carbonyl (C=O) groups is 1. The van der Waals surface area contributed by atoms with Gasteiger partial charge in [0.2, 0.25) is 0 Å². The summed E-state index contributed by atoms with van der Waals surface area (Å²) in [6.45, 7) is 2.27. The van der Waals surface area contributed by atoms with Gasteiger partial charge in [0, 0.05) is 40.9 Å². The molecule has 2 N–H and O–H groups in total. The maximum Gasteiger partial charge on any atom is 0.258 e. The second-order valence-electron chi connectivity index (χ2n) is 7.15. The molecule has 2 aromatic heterocycles. The highest BCUT2D eigenvalue weighted by atomic mass is 16.3. The van der Waals surface area contributed by atoms with Crippen LogP contribution >= 0.6 is 0 Å². The van der Waals surface area contributed by atoms with Gasteiger partial charge in [-0.2, -0.15) is 0 Å². The van der Waals surface area contributed by atoms with E-state index in [1.807, 2.05) is 12.1 Å². The molecular weight excluding hydrogens is 326 g/mol. The normalized spacial score (nSPS) is 20.2. The highest BCUT2D eigenvalue weighted by Crippen LogP contribution is 2.35. The summed E-state index contributed by atoms with van der Waals surface area (Å²) in [5.74, 6) is -0.159. The van der Waals surface area contributed by atoms with Crippen LogP contribution in [-0.4, -0.2) is 34.9 Å². The molecule has 2 aliphatic heterocycles. The van der Waals surface area contributed by atoms with Gasteiger partial charge in [-0.15, -0.1) is 0 Å². The molecule has 2 aliphatic rings. The van der Waals surface area contributed by atoms with Crippen LogP contribution in [0.5, 0.6) is 0 Å². The van der Waals surface area contributed by atoms with E-state index in [4.69, 9.17) is 4.42 Å². The molecule has 1 aromatic carbocycles. The number of hydrogen-bond acceptors (Lipinski definition) is 3. The predicted octanol–water partition coefficient (Wildman–Crippen LogP) is 4.26. The number of aromatic nitrogens is 1. The first kappa shape index (κ1) is 15.5. The Hall–Kier alpha value is -2.79. The molecular formula is C21H21N3O2. The van der Waals surface area contributed by atoms with Gasteiger partial charge in [0.15, 0.2) is 0 Å². The third-order valence-electron chi connectivity index (χ3n) is 5.60. The van der Waals surface area contributed by atoms with Crippen molar-refractivity contribution < 1.29 is 9.21 Å². The molecule has 0 radical (unpaired) electrons. The van der Waals surface area contributed by atoms with Crippen LogP contribution in [0.3, 0.4) is 0 Å². The molecule has 0 bridgehead atoms. The van der Waals surface area contributed by atoms with Crippen molar-refractivity contribution in [2.75, 3.05) is 18.4 Å². The van der Waals surface area contributed by atoms with E-state index in [0.717, 1.165) is 29.6 Å².